The number of benzene rings is 4. The molecule has 415 valence electrons. The van der Waals surface area contributed by atoms with Crippen LogP contribution in [-0.2, 0) is 173 Å². The molecule has 0 amide bonds. The largest absolute Gasteiger partial charge is 0 e. The number of carbonyl (C=O) groups excluding carboxylic acids is 3. The summed E-state index contributed by atoms with van der Waals surface area (Å²) in [7, 11) is 2.62. The van der Waals surface area contributed by atoms with Crippen LogP contribution in [0.15, 0.2) is 123 Å². The van der Waals surface area contributed by atoms with Gasteiger partial charge in [0.15, 0.2) is 0 Å². The molecule has 74 heavy (non-hydrogen) atoms. The van der Waals surface area contributed by atoms with E-state index in [1.54, 1.807) is 24.7 Å². The van der Waals surface area contributed by atoms with Gasteiger partial charge in [0.05, 0.1) is 70.3 Å². The van der Waals surface area contributed by atoms with Crippen molar-refractivity contribution in [1.29, 1.82) is 0 Å². The van der Waals surface area contributed by atoms with Crippen LogP contribution in [-0.4, -0.2) is 66.5 Å². The first-order chi connectivity index (χ1) is 29.3. The fourth-order valence-corrected chi connectivity index (χ4v) is 3.50. The quantitative estimate of drug-likeness (QED) is 0.0596. The van der Waals surface area contributed by atoms with Gasteiger partial charge in [-0.2, -0.15) is 93.2 Å². The van der Waals surface area contributed by atoms with E-state index in [0.29, 0.717) is 29.3 Å². The van der Waals surface area contributed by atoms with E-state index in [9.17, 15) is 14.4 Å². The molecular formula is C53H85I3O11PV2Y4-4. The summed E-state index contributed by atoms with van der Waals surface area (Å²) in [5.74, 6) is 0.112. The van der Waals surface area contributed by atoms with E-state index in [1.165, 1.54) is 85.5 Å². The molecule has 21 heteroatoms. The van der Waals surface area contributed by atoms with Crippen molar-refractivity contribution in [3.05, 3.63) is 175 Å². The molecule has 0 fully saturated rings. The van der Waals surface area contributed by atoms with Crippen molar-refractivity contribution in [3.8, 4) is 11.5 Å². The minimum Gasteiger partial charge on any atom is 0 e. The van der Waals surface area contributed by atoms with E-state index in [4.69, 9.17) is 19.7 Å². The molecule has 2 aliphatic rings. The van der Waals surface area contributed by atoms with Crippen LogP contribution in [0.4, 0.5) is 0 Å². The number of ether oxygens (including phenoxy) is 4. The molecule has 0 saturated heterocycles. The number of rotatable bonds is 7. The van der Waals surface area contributed by atoms with Crippen LogP contribution >= 0.6 is 69.2 Å². The molecule has 11 nitrogen and oxygen atoms in total. The van der Waals surface area contributed by atoms with Crippen LogP contribution in [0.25, 0.3) is 0 Å². The molecule has 6 rings (SSSR count). The average molecular weight is 1770 g/mol. The fraction of sp³-hybridized carbons (Fsp3) is 0.340. The maximum Gasteiger partial charge on any atom is 0 e. The number of halogens is 3. The summed E-state index contributed by atoms with van der Waals surface area (Å²) >= 11 is 7.39. The summed E-state index contributed by atoms with van der Waals surface area (Å²) in [6, 6.07) is 31.1. The summed E-state index contributed by atoms with van der Waals surface area (Å²) < 4.78 is 19.0. The number of allylic oxidation sites excluding steroid dienone is 2. The molecule has 0 saturated carbocycles. The van der Waals surface area contributed by atoms with Crippen molar-refractivity contribution in [2.45, 2.75) is 97.9 Å². The predicted molar refractivity (Wildman–Crippen MR) is 321 cm³/mol. The van der Waals surface area contributed by atoms with Gasteiger partial charge in [0.2, 0.25) is 0 Å². The maximum atomic E-state index is 10.1. The Kier molecular flexibility index (Phi) is 151. The van der Waals surface area contributed by atoms with Crippen LogP contribution in [0, 0.1) is 38.1 Å². The summed E-state index contributed by atoms with van der Waals surface area (Å²) in [6.07, 6.45) is 17.5. The normalized spacial score (nSPS) is 8.88. The second-order valence-corrected chi connectivity index (χ2v) is 47.2. The summed E-state index contributed by atoms with van der Waals surface area (Å²) in [5.41, 5.74) is 3.97. The summed E-state index contributed by atoms with van der Waals surface area (Å²) in [5, 5.41) is 18.6. The molecular weight excluding hydrogens is 1680 g/mol. The van der Waals surface area contributed by atoms with E-state index in [-0.39, 0.29) is 221 Å². The van der Waals surface area contributed by atoms with Gasteiger partial charge in [-0.25, -0.2) is 0 Å². The van der Waals surface area contributed by atoms with Gasteiger partial charge < -0.3 is 54.5 Å². The van der Waals surface area contributed by atoms with Crippen molar-refractivity contribution in [2.75, 3.05) is 26.4 Å². The van der Waals surface area contributed by atoms with E-state index < -0.39 is 0 Å². The number of hydrogen-bond acceptors (Lipinski definition) is 9. The van der Waals surface area contributed by atoms with Crippen molar-refractivity contribution in [2.24, 2.45) is 0 Å². The number of aldehydes is 3. The third kappa shape index (κ3) is 96.1. The average Bonchev–Trinajstić information content (AvgIpc) is 3.29. The first kappa shape index (κ1) is 119. The van der Waals surface area contributed by atoms with Gasteiger partial charge in [-0.3, -0.25) is 0 Å². The molecule has 2 aliphatic heterocycles. The van der Waals surface area contributed by atoms with Gasteiger partial charge in [0.25, 0.3) is 0 Å². The molecule has 0 spiro atoms. The van der Waals surface area contributed by atoms with Gasteiger partial charge >= 0.3 is 64.9 Å². The Hall–Kier alpha value is 1.77. The Morgan fingerprint density at radius 3 is 1.03 bits per heavy atom. The number of hydrogen-bond donors (Lipinski definition) is 2. The third-order valence-corrected chi connectivity index (χ3v) is 6.61. The minimum atomic E-state index is -0.278. The number of phenolic OH excluding ortho intramolecular Hbond substituents is 2. The number of carbonyl (C=O) groups is 3. The van der Waals surface area contributed by atoms with Crippen LogP contribution in [0.1, 0.15) is 126 Å². The second-order valence-electron chi connectivity index (χ2n) is 11.2. The maximum absolute atomic E-state index is 10.1. The Labute approximate surface area is 603 Å². The molecule has 4 aromatic carbocycles. The van der Waals surface area contributed by atoms with Crippen LogP contribution in [0.3, 0.4) is 0 Å². The van der Waals surface area contributed by atoms with E-state index in [1.807, 2.05) is 58.0 Å². The molecule has 4 aromatic rings. The van der Waals surface area contributed by atoms with Gasteiger partial charge in [-0.1, -0.05) is 88.3 Å². The SMILES string of the molecule is C.C.C.C.C.C.C1=COCCC1.C1=COCCC1.C=COCC.C=COCC.Cc1[c-]cc(C=O)cc1.Cc1[c-]cc(P)cc1.O.O.O=Cc1c[c-]c(O)cc1.O=Cc1c[c-]c(O)cc1.[I][V]([I])[I].[V].[Y].[Y].[Y].[Y]. The predicted octanol–water partition coefficient (Wildman–Crippen LogP) is 14.7. The molecule has 0 aliphatic carbocycles. The van der Waals surface area contributed by atoms with Crippen LogP contribution in [0.5, 0.6) is 11.5 Å². The molecule has 5 radical (unpaired) electrons. The van der Waals surface area contributed by atoms with Crippen molar-refractivity contribution >= 4 is 93.3 Å². The zero-order valence-electron chi connectivity index (χ0n) is 38.9. The first-order valence-corrected chi connectivity index (χ1v) is 32.7. The molecule has 0 aromatic heterocycles. The van der Waals surface area contributed by atoms with Crippen molar-refractivity contribution in [3.63, 3.8) is 0 Å². The van der Waals surface area contributed by atoms with E-state index in [2.05, 4.69) is 122 Å². The molecule has 6 N–H and O–H groups in total. The number of aromatic hydroxyl groups is 2. The van der Waals surface area contributed by atoms with Gasteiger partial charge in [0.1, 0.15) is 0 Å². The Morgan fingerprint density at radius 2 is 0.892 bits per heavy atom. The zero-order valence-corrected chi connectivity index (χ0v) is 60.6. The van der Waals surface area contributed by atoms with Crippen LogP contribution in [0.2, 0.25) is 0 Å². The number of phenols is 2. The first-order valence-electron chi connectivity index (χ1n) is 18.6. The third-order valence-electron chi connectivity index (χ3n) is 6.25. The fourth-order valence-electron chi connectivity index (χ4n) is 3.32. The van der Waals surface area contributed by atoms with Gasteiger partial charge in [0, 0.05) is 161 Å². The second kappa shape index (κ2) is 94.1. The zero-order chi connectivity index (χ0) is 46.4. The standard InChI is InChI=1S/C8H7O.2C7H5O2.C7H8P.2C5H8O.2C4H8O.6CH4.3HI.2H2O.2V.4Y/c1-7-2-4-8(6-9)5-3-7;2*8-5-6-1-3-7(9)4-2-6;1-6-2-4-7(8)5-3-6;2*1-2-4-6-5-3-1;2*1-3-5-4-2;;;;;;;;;;;;;;;;;/h2,4-6H,1H3;2*1-3,5,9H;2,4-5H,8H2,1H3;2*2,4H,1,3,5H2;2*3H,1,4H2,2H3;6*1H4;3*1H;2*1H2;;;;;;/q4*-1;;;;;;;;;;;;;;;;;+3;;;;/p-3. The van der Waals surface area contributed by atoms with Crippen molar-refractivity contribution in [1.82, 2.24) is 0 Å². The smallest absolute Gasteiger partial charge is 0 e. The summed E-state index contributed by atoms with van der Waals surface area (Å²) in [4.78, 5) is 29.9. The molecule has 1 atom stereocenters. The topological polar surface area (TPSA) is 192 Å². The Balaban J connectivity index is -0.0000000361. The van der Waals surface area contributed by atoms with Gasteiger partial charge in [-0.15, -0.1) is 29.6 Å². The van der Waals surface area contributed by atoms with Crippen molar-refractivity contribution < 1.29 is 209 Å². The Morgan fingerprint density at radius 1 is 0.595 bits per heavy atom. The monoisotopic (exact) mass is 1770 g/mol. The number of aryl methyl sites for hydroxylation is 2. The molecule has 0 bridgehead atoms. The van der Waals surface area contributed by atoms with Gasteiger partial charge in [-0.05, 0) is 51.7 Å². The van der Waals surface area contributed by atoms with Crippen LogP contribution < -0.4 is 5.30 Å². The Bertz CT molecular complexity index is 1540. The molecule has 1 unspecified atom stereocenters. The summed E-state index contributed by atoms with van der Waals surface area (Å²) in [6.45, 7) is 17.7. The molecule has 2 heterocycles. The van der Waals surface area contributed by atoms with E-state index in [0.717, 1.165) is 38.3 Å². The minimum absolute atomic E-state index is 0. The van der Waals surface area contributed by atoms with E-state index >= 15 is 0 Å².